The molecule has 0 bridgehead atoms. The monoisotopic (exact) mass is 263 g/mol. The summed E-state index contributed by atoms with van der Waals surface area (Å²) in [6.45, 7) is 5.81. The second-order valence-electron chi connectivity index (χ2n) is 3.29. The van der Waals surface area contributed by atoms with Gasteiger partial charge in [-0.15, -0.1) is 11.3 Å². The standard InChI is InChI=1S/C12H11NO2S.C2H6/c1-8-10(12(14)15-2)16-11(13-8)9-6-4-3-5-7-9;1-2/h3-7H,1-2H3;1-2H3. The highest BCUT2D eigenvalue weighted by atomic mass is 32.1. The van der Waals surface area contributed by atoms with Crippen LogP contribution < -0.4 is 0 Å². The van der Waals surface area contributed by atoms with Gasteiger partial charge in [0.05, 0.1) is 12.8 Å². The molecule has 2 rings (SSSR count). The molecule has 0 N–H and O–H groups in total. The minimum absolute atomic E-state index is 0.322. The Morgan fingerprint density at radius 1 is 1.22 bits per heavy atom. The number of methoxy groups -OCH3 is 1. The molecule has 0 spiro atoms. The molecule has 0 saturated carbocycles. The quantitative estimate of drug-likeness (QED) is 0.771. The van der Waals surface area contributed by atoms with Crippen LogP contribution in [0, 0.1) is 6.92 Å². The highest BCUT2D eigenvalue weighted by Crippen LogP contribution is 2.27. The molecule has 1 aromatic heterocycles. The number of hydrogen-bond acceptors (Lipinski definition) is 4. The van der Waals surface area contributed by atoms with Crippen LogP contribution in [-0.4, -0.2) is 18.1 Å². The molecule has 0 saturated heterocycles. The molecule has 18 heavy (non-hydrogen) atoms. The molecule has 1 heterocycles. The van der Waals surface area contributed by atoms with Crippen LogP contribution in [0.1, 0.15) is 29.2 Å². The van der Waals surface area contributed by atoms with Gasteiger partial charge in [0.1, 0.15) is 9.88 Å². The van der Waals surface area contributed by atoms with E-state index in [1.54, 1.807) is 0 Å². The van der Waals surface area contributed by atoms with Crippen molar-refractivity contribution < 1.29 is 9.53 Å². The maximum atomic E-state index is 11.4. The molecule has 0 amide bonds. The van der Waals surface area contributed by atoms with Crippen molar-refractivity contribution in [3.63, 3.8) is 0 Å². The van der Waals surface area contributed by atoms with Crippen LogP contribution in [0.25, 0.3) is 10.6 Å². The van der Waals surface area contributed by atoms with Crippen LogP contribution in [0.2, 0.25) is 0 Å². The Morgan fingerprint density at radius 2 is 1.83 bits per heavy atom. The summed E-state index contributed by atoms with van der Waals surface area (Å²) in [5.41, 5.74) is 1.74. The largest absolute Gasteiger partial charge is 0.465 e. The lowest BCUT2D eigenvalue weighted by Gasteiger charge is -1.93. The van der Waals surface area contributed by atoms with Crippen LogP contribution in [-0.2, 0) is 4.74 Å². The Bertz CT molecular complexity index is 506. The number of carbonyl (C=O) groups excluding carboxylic acids is 1. The van der Waals surface area contributed by atoms with Crippen molar-refractivity contribution >= 4 is 17.3 Å². The Labute approximate surface area is 111 Å². The number of rotatable bonds is 2. The number of esters is 1. The Hall–Kier alpha value is -1.68. The minimum atomic E-state index is -0.322. The molecule has 0 atom stereocenters. The smallest absolute Gasteiger partial charge is 0.349 e. The summed E-state index contributed by atoms with van der Waals surface area (Å²) in [7, 11) is 1.38. The molecule has 3 nitrogen and oxygen atoms in total. The van der Waals surface area contributed by atoms with E-state index in [0.717, 1.165) is 16.3 Å². The minimum Gasteiger partial charge on any atom is -0.465 e. The average Bonchev–Trinajstić information content (AvgIpc) is 2.83. The third-order valence-electron chi connectivity index (χ3n) is 2.19. The molecule has 0 radical (unpaired) electrons. The van der Waals surface area contributed by atoms with Gasteiger partial charge < -0.3 is 4.74 Å². The first-order valence-corrected chi connectivity index (χ1v) is 6.65. The lowest BCUT2D eigenvalue weighted by Crippen LogP contribution is -1.99. The van der Waals surface area contributed by atoms with Gasteiger partial charge in [-0.3, -0.25) is 0 Å². The molecule has 0 fully saturated rings. The third-order valence-corrected chi connectivity index (χ3v) is 3.37. The van der Waals surface area contributed by atoms with E-state index in [1.165, 1.54) is 18.4 Å². The normalized spacial score (nSPS) is 9.33. The van der Waals surface area contributed by atoms with Crippen molar-refractivity contribution in [2.45, 2.75) is 20.8 Å². The zero-order valence-corrected chi connectivity index (χ0v) is 11.9. The summed E-state index contributed by atoms with van der Waals surface area (Å²) >= 11 is 1.36. The lowest BCUT2D eigenvalue weighted by molar-refractivity contribution is 0.0605. The van der Waals surface area contributed by atoms with E-state index >= 15 is 0 Å². The predicted molar refractivity (Wildman–Crippen MR) is 75.0 cm³/mol. The van der Waals surface area contributed by atoms with Crippen LogP contribution in [0.15, 0.2) is 30.3 Å². The van der Waals surface area contributed by atoms with Gasteiger partial charge in [0.25, 0.3) is 0 Å². The fourth-order valence-corrected chi connectivity index (χ4v) is 2.37. The molecule has 0 aliphatic carbocycles. The van der Waals surface area contributed by atoms with Gasteiger partial charge in [0, 0.05) is 5.56 Å². The number of thiazole rings is 1. The fourth-order valence-electron chi connectivity index (χ4n) is 1.38. The molecule has 0 unspecified atom stereocenters. The second-order valence-corrected chi connectivity index (χ2v) is 4.29. The van der Waals surface area contributed by atoms with Crippen LogP contribution in [0.3, 0.4) is 0 Å². The van der Waals surface area contributed by atoms with Gasteiger partial charge in [-0.1, -0.05) is 44.2 Å². The number of aryl methyl sites for hydroxylation is 1. The first kappa shape index (κ1) is 14.4. The summed E-state index contributed by atoms with van der Waals surface area (Å²) < 4.78 is 4.70. The zero-order valence-electron chi connectivity index (χ0n) is 11.1. The van der Waals surface area contributed by atoms with E-state index in [1.807, 2.05) is 51.1 Å². The molecule has 2 aromatic rings. The SMILES string of the molecule is CC.COC(=O)c1sc(-c2ccccc2)nc1C. The third kappa shape index (κ3) is 3.17. The maximum absolute atomic E-state index is 11.4. The Morgan fingerprint density at radius 3 is 2.39 bits per heavy atom. The number of carbonyl (C=O) groups is 1. The van der Waals surface area contributed by atoms with Gasteiger partial charge in [-0.05, 0) is 6.92 Å². The highest BCUT2D eigenvalue weighted by Gasteiger charge is 2.15. The van der Waals surface area contributed by atoms with E-state index in [9.17, 15) is 4.79 Å². The number of aromatic nitrogens is 1. The molecule has 0 aliphatic heterocycles. The molecule has 4 heteroatoms. The van der Waals surface area contributed by atoms with Gasteiger partial charge in [-0.25, -0.2) is 9.78 Å². The van der Waals surface area contributed by atoms with Gasteiger partial charge in [0.15, 0.2) is 0 Å². The fraction of sp³-hybridized carbons (Fsp3) is 0.286. The van der Waals surface area contributed by atoms with Crippen molar-refractivity contribution in [1.82, 2.24) is 4.98 Å². The first-order chi connectivity index (χ1) is 8.72. The van der Waals surface area contributed by atoms with Crippen molar-refractivity contribution in [3.8, 4) is 10.6 Å². The number of ether oxygens (including phenoxy) is 1. The summed E-state index contributed by atoms with van der Waals surface area (Å²) in [6, 6.07) is 9.79. The van der Waals surface area contributed by atoms with E-state index in [-0.39, 0.29) is 5.97 Å². The average molecular weight is 263 g/mol. The van der Waals surface area contributed by atoms with E-state index in [2.05, 4.69) is 4.98 Å². The molecule has 1 aromatic carbocycles. The molecular formula is C14H17NO2S. The van der Waals surface area contributed by atoms with E-state index in [0.29, 0.717) is 4.88 Å². The van der Waals surface area contributed by atoms with Gasteiger partial charge in [0.2, 0.25) is 0 Å². The summed E-state index contributed by atoms with van der Waals surface area (Å²) in [5, 5.41) is 0.846. The van der Waals surface area contributed by atoms with Gasteiger partial charge in [-0.2, -0.15) is 0 Å². The Balaban J connectivity index is 0.000000771. The van der Waals surface area contributed by atoms with Crippen molar-refractivity contribution in [3.05, 3.63) is 40.9 Å². The topological polar surface area (TPSA) is 39.2 Å². The lowest BCUT2D eigenvalue weighted by atomic mass is 10.2. The van der Waals surface area contributed by atoms with Gasteiger partial charge >= 0.3 is 5.97 Å². The predicted octanol–water partition coefficient (Wildman–Crippen LogP) is 3.93. The number of benzene rings is 1. The van der Waals surface area contributed by atoms with Crippen molar-refractivity contribution in [2.24, 2.45) is 0 Å². The van der Waals surface area contributed by atoms with Crippen LogP contribution >= 0.6 is 11.3 Å². The molecule has 0 aliphatic rings. The Kier molecular flexibility index (Phi) is 5.52. The highest BCUT2D eigenvalue weighted by molar-refractivity contribution is 7.17. The van der Waals surface area contributed by atoms with Crippen molar-refractivity contribution in [2.75, 3.05) is 7.11 Å². The van der Waals surface area contributed by atoms with Crippen molar-refractivity contribution in [1.29, 1.82) is 0 Å². The van der Waals surface area contributed by atoms with Crippen LogP contribution in [0.4, 0.5) is 0 Å². The zero-order chi connectivity index (χ0) is 13.5. The second kappa shape index (κ2) is 6.91. The number of hydrogen-bond donors (Lipinski definition) is 0. The number of nitrogens with zero attached hydrogens (tertiary/aromatic N) is 1. The molecular weight excluding hydrogens is 246 g/mol. The maximum Gasteiger partial charge on any atom is 0.349 e. The summed E-state index contributed by atoms with van der Waals surface area (Å²) in [4.78, 5) is 16.4. The van der Waals surface area contributed by atoms with Crippen LogP contribution in [0.5, 0.6) is 0 Å². The van der Waals surface area contributed by atoms with E-state index in [4.69, 9.17) is 4.74 Å². The van der Waals surface area contributed by atoms with E-state index < -0.39 is 0 Å². The summed E-state index contributed by atoms with van der Waals surface area (Å²) in [5.74, 6) is -0.322. The first-order valence-electron chi connectivity index (χ1n) is 5.83. The molecule has 96 valence electrons. The summed E-state index contributed by atoms with van der Waals surface area (Å²) in [6.07, 6.45) is 0.